The average Bonchev–Trinajstić information content (AvgIpc) is 2.07. The number of fused-ring (bicyclic) bond motifs is 1. The highest BCUT2D eigenvalue weighted by atomic mass is 79.9. The van der Waals surface area contributed by atoms with E-state index in [2.05, 4.69) is 21.2 Å². The molecule has 1 aromatic carbocycles. The molecular formula is C9H7BrFN. The smallest absolute Gasteiger partial charge is 0.137 e. The molecule has 0 saturated carbocycles. The first-order chi connectivity index (χ1) is 5.77. The summed E-state index contributed by atoms with van der Waals surface area (Å²) in [7, 11) is 0. The number of hydrogen-bond donors (Lipinski definition) is 1. The molecule has 1 aliphatic heterocycles. The molecule has 0 fully saturated rings. The van der Waals surface area contributed by atoms with Gasteiger partial charge in [0.05, 0.1) is 4.47 Å². The molecule has 0 radical (unpaired) electrons. The van der Waals surface area contributed by atoms with Crippen molar-refractivity contribution in [3.8, 4) is 0 Å². The summed E-state index contributed by atoms with van der Waals surface area (Å²) in [6.07, 6.45) is 3.70. The van der Waals surface area contributed by atoms with E-state index in [1.807, 2.05) is 12.3 Å². The molecule has 0 bridgehead atoms. The van der Waals surface area contributed by atoms with Crippen LogP contribution in [0.1, 0.15) is 11.1 Å². The van der Waals surface area contributed by atoms with Gasteiger partial charge in [-0.25, -0.2) is 4.39 Å². The third kappa shape index (κ3) is 1.25. The lowest BCUT2D eigenvalue weighted by Gasteiger charge is -2.12. The Kier molecular flexibility index (Phi) is 1.89. The van der Waals surface area contributed by atoms with Crippen molar-refractivity contribution in [1.29, 1.82) is 0 Å². The fourth-order valence-electron chi connectivity index (χ4n) is 1.23. The highest BCUT2D eigenvalue weighted by Gasteiger charge is 2.07. The van der Waals surface area contributed by atoms with E-state index in [-0.39, 0.29) is 5.82 Å². The monoisotopic (exact) mass is 227 g/mol. The summed E-state index contributed by atoms with van der Waals surface area (Å²) < 4.78 is 13.5. The molecule has 1 N–H and O–H groups in total. The van der Waals surface area contributed by atoms with Crippen LogP contribution in [0.3, 0.4) is 0 Å². The Labute approximate surface area is 78.4 Å². The Morgan fingerprint density at radius 1 is 1.42 bits per heavy atom. The molecule has 1 aromatic rings. The summed E-state index contributed by atoms with van der Waals surface area (Å²) in [6, 6.07) is 3.35. The molecule has 0 spiro atoms. The molecule has 62 valence electrons. The van der Waals surface area contributed by atoms with Crippen LogP contribution in [0, 0.1) is 5.82 Å². The Morgan fingerprint density at radius 3 is 3.08 bits per heavy atom. The molecule has 0 aliphatic carbocycles. The third-order valence-corrected chi connectivity index (χ3v) is 2.46. The summed E-state index contributed by atoms with van der Waals surface area (Å²) in [4.78, 5) is 0. The number of benzene rings is 1. The number of nitrogens with one attached hydrogen (secondary N) is 1. The van der Waals surface area contributed by atoms with Crippen molar-refractivity contribution in [2.45, 2.75) is 6.54 Å². The zero-order valence-electron chi connectivity index (χ0n) is 6.27. The van der Waals surface area contributed by atoms with Crippen LogP contribution in [0.25, 0.3) is 6.08 Å². The van der Waals surface area contributed by atoms with Crippen molar-refractivity contribution >= 4 is 22.0 Å². The molecule has 0 atom stereocenters. The number of hydrogen-bond acceptors (Lipinski definition) is 1. The van der Waals surface area contributed by atoms with Crippen LogP contribution in [-0.4, -0.2) is 0 Å². The van der Waals surface area contributed by atoms with E-state index >= 15 is 0 Å². The highest BCUT2D eigenvalue weighted by molar-refractivity contribution is 9.10. The topological polar surface area (TPSA) is 12.0 Å². The molecule has 3 heteroatoms. The fraction of sp³-hybridized carbons (Fsp3) is 0.111. The molecule has 1 heterocycles. The Hall–Kier alpha value is -0.830. The van der Waals surface area contributed by atoms with E-state index in [1.54, 1.807) is 6.07 Å². The van der Waals surface area contributed by atoms with Crippen LogP contribution in [-0.2, 0) is 6.54 Å². The maximum Gasteiger partial charge on any atom is 0.137 e. The Morgan fingerprint density at radius 2 is 2.25 bits per heavy atom. The van der Waals surface area contributed by atoms with Crippen molar-refractivity contribution in [2.75, 3.05) is 0 Å². The SMILES string of the molecule is Fc1cc2c(cc1Br)CNC=C2. The molecule has 12 heavy (non-hydrogen) atoms. The van der Waals surface area contributed by atoms with Gasteiger partial charge in [-0.2, -0.15) is 0 Å². The van der Waals surface area contributed by atoms with Gasteiger partial charge in [0.25, 0.3) is 0 Å². The van der Waals surface area contributed by atoms with Crippen LogP contribution in [0.2, 0.25) is 0 Å². The molecule has 1 aliphatic rings. The van der Waals surface area contributed by atoms with E-state index in [9.17, 15) is 4.39 Å². The second-order valence-corrected chi connectivity index (χ2v) is 3.53. The summed E-state index contributed by atoms with van der Waals surface area (Å²) >= 11 is 3.15. The number of rotatable bonds is 0. The van der Waals surface area contributed by atoms with E-state index in [0.29, 0.717) is 4.47 Å². The Bertz CT molecular complexity index is 347. The van der Waals surface area contributed by atoms with Gasteiger partial charge in [0.1, 0.15) is 5.82 Å². The van der Waals surface area contributed by atoms with Gasteiger partial charge in [0.15, 0.2) is 0 Å². The first kappa shape index (κ1) is 7.80. The van der Waals surface area contributed by atoms with Crippen molar-refractivity contribution in [3.05, 3.63) is 39.7 Å². The zero-order chi connectivity index (χ0) is 8.55. The second kappa shape index (κ2) is 2.90. The van der Waals surface area contributed by atoms with Crippen molar-refractivity contribution in [2.24, 2.45) is 0 Å². The fourth-order valence-corrected chi connectivity index (χ4v) is 1.62. The summed E-state index contributed by atoms with van der Waals surface area (Å²) in [5.41, 5.74) is 2.07. The zero-order valence-corrected chi connectivity index (χ0v) is 7.86. The molecule has 0 unspecified atom stereocenters. The van der Waals surface area contributed by atoms with Crippen LogP contribution in [0.15, 0.2) is 22.8 Å². The van der Waals surface area contributed by atoms with E-state index < -0.39 is 0 Å². The van der Waals surface area contributed by atoms with Gasteiger partial charge in [-0.3, -0.25) is 0 Å². The number of halogens is 2. The van der Waals surface area contributed by atoms with Crippen molar-refractivity contribution in [3.63, 3.8) is 0 Å². The minimum Gasteiger partial charge on any atom is -0.387 e. The van der Waals surface area contributed by atoms with Crippen molar-refractivity contribution < 1.29 is 4.39 Å². The van der Waals surface area contributed by atoms with Crippen LogP contribution < -0.4 is 5.32 Å². The highest BCUT2D eigenvalue weighted by Crippen LogP contribution is 2.23. The van der Waals surface area contributed by atoms with Crippen LogP contribution >= 0.6 is 15.9 Å². The summed E-state index contributed by atoms with van der Waals surface area (Å²) in [5.74, 6) is -0.208. The molecule has 0 amide bonds. The lowest BCUT2D eigenvalue weighted by molar-refractivity contribution is 0.619. The summed E-state index contributed by atoms with van der Waals surface area (Å²) in [5, 5.41) is 3.06. The van der Waals surface area contributed by atoms with Gasteiger partial charge in [-0.05, 0) is 51.5 Å². The molecule has 1 nitrogen and oxygen atoms in total. The van der Waals surface area contributed by atoms with Gasteiger partial charge >= 0.3 is 0 Å². The quantitative estimate of drug-likeness (QED) is 0.719. The molecule has 0 aromatic heterocycles. The van der Waals surface area contributed by atoms with Gasteiger partial charge < -0.3 is 5.32 Å². The molecule has 0 saturated heterocycles. The van der Waals surface area contributed by atoms with Crippen LogP contribution in [0.5, 0.6) is 0 Å². The minimum atomic E-state index is -0.208. The molecular weight excluding hydrogens is 221 g/mol. The van der Waals surface area contributed by atoms with Gasteiger partial charge in [-0.1, -0.05) is 0 Å². The standard InChI is InChI=1S/C9H7BrFN/c10-8-3-7-5-12-2-1-6(7)4-9(8)11/h1-4,12H,5H2. The lowest BCUT2D eigenvalue weighted by Crippen LogP contribution is -2.10. The normalized spacial score (nSPS) is 13.8. The van der Waals surface area contributed by atoms with Gasteiger partial charge in [-0.15, -0.1) is 0 Å². The predicted molar refractivity (Wildman–Crippen MR) is 50.0 cm³/mol. The van der Waals surface area contributed by atoms with Crippen LogP contribution in [0.4, 0.5) is 4.39 Å². The lowest BCUT2D eigenvalue weighted by atomic mass is 10.1. The first-order valence-corrected chi connectivity index (χ1v) is 4.44. The maximum atomic E-state index is 13.0. The van der Waals surface area contributed by atoms with E-state index in [0.717, 1.165) is 17.7 Å². The van der Waals surface area contributed by atoms with E-state index in [4.69, 9.17) is 0 Å². The van der Waals surface area contributed by atoms with Crippen molar-refractivity contribution in [1.82, 2.24) is 5.32 Å². The maximum absolute atomic E-state index is 13.0. The first-order valence-electron chi connectivity index (χ1n) is 3.65. The van der Waals surface area contributed by atoms with Gasteiger partial charge in [0, 0.05) is 6.54 Å². The predicted octanol–water partition coefficient (Wildman–Crippen LogP) is 2.66. The largest absolute Gasteiger partial charge is 0.387 e. The summed E-state index contributed by atoms with van der Waals surface area (Å²) in [6.45, 7) is 0.769. The second-order valence-electron chi connectivity index (χ2n) is 2.68. The van der Waals surface area contributed by atoms with E-state index in [1.165, 1.54) is 6.07 Å². The Balaban J connectivity index is 2.58. The van der Waals surface area contributed by atoms with Gasteiger partial charge in [0.2, 0.25) is 0 Å². The molecule has 2 rings (SSSR count). The average molecular weight is 228 g/mol. The minimum absolute atomic E-state index is 0.208. The third-order valence-electron chi connectivity index (χ3n) is 1.86.